The quantitative estimate of drug-likeness (QED) is 0.732. The van der Waals surface area contributed by atoms with Crippen LogP contribution in [0.2, 0.25) is 0 Å². The summed E-state index contributed by atoms with van der Waals surface area (Å²) < 4.78 is 2.34. The first kappa shape index (κ1) is 10.7. The van der Waals surface area contributed by atoms with Crippen LogP contribution in [0.4, 0.5) is 5.82 Å². The molecule has 0 bridgehead atoms. The lowest BCUT2D eigenvalue weighted by Crippen LogP contribution is -2.05. The van der Waals surface area contributed by atoms with Gasteiger partial charge in [-0.25, -0.2) is 9.78 Å². The van der Waals surface area contributed by atoms with Gasteiger partial charge in [0.15, 0.2) is 0 Å². The molecule has 3 aromatic rings. The molecule has 0 saturated carbocycles. The number of nitrogen functional groups attached to an aromatic ring is 1. The van der Waals surface area contributed by atoms with Gasteiger partial charge in [0.2, 0.25) is 5.13 Å². The molecule has 0 aliphatic carbocycles. The van der Waals surface area contributed by atoms with Crippen LogP contribution in [0.25, 0.3) is 15.3 Å². The Morgan fingerprint density at radius 2 is 2.17 bits per heavy atom. The molecule has 2 aromatic heterocycles. The molecule has 3 rings (SSSR count). The number of aromatic carboxylic acids is 1. The maximum atomic E-state index is 10.9. The fourth-order valence-corrected chi connectivity index (χ4v) is 2.56. The number of anilines is 1. The number of thiazole rings is 1. The number of para-hydroxylation sites is 1. The van der Waals surface area contributed by atoms with Crippen LogP contribution in [0.3, 0.4) is 0 Å². The highest BCUT2D eigenvalue weighted by Gasteiger charge is 2.16. The molecule has 0 saturated heterocycles. The molecule has 0 aliphatic heterocycles. The van der Waals surface area contributed by atoms with Gasteiger partial charge in [0.1, 0.15) is 11.4 Å². The zero-order valence-corrected chi connectivity index (χ0v) is 9.89. The molecule has 0 spiro atoms. The molecule has 3 N–H and O–H groups in total. The Labute approximate surface area is 105 Å². The number of fused-ring (bicyclic) bond motifs is 1. The monoisotopic (exact) mass is 260 g/mol. The number of hydrogen-bond acceptors (Lipinski definition) is 5. The van der Waals surface area contributed by atoms with Crippen LogP contribution >= 0.6 is 11.3 Å². The molecule has 6 nitrogen and oxygen atoms in total. The average molecular weight is 260 g/mol. The van der Waals surface area contributed by atoms with Crippen LogP contribution in [-0.2, 0) is 0 Å². The van der Waals surface area contributed by atoms with E-state index in [2.05, 4.69) is 10.1 Å². The topological polar surface area (TPSA) is 94.0 Å². The first-order chi connectivity index (χ1) is 8.66. The van der Waals surface area contributed by atoms with E-state index in [0.29, 0.717) is 5.13 Å². The van der Waals surface area contributed by atoms with Crippen molar-refractivity contribution >= 4 is 33.3 Å². The van der Waals surface area contributed by atoms with E-state index in [1.807, 2.05) is 24.3 Å². The number of hydrogen-bond donors (Lipinski definition) is 2. The number of aromatic nitrogens is 3. The lowest BCUT2D eigenvalue weighted by Gasteiger charge is -1.98. The number of nitrogens with two attached hydrogens (primary N) is 1. The Hall–Kier alpha value is -2.41. The minimum absolute atomic E-state index is 0.0192. The highest BCUT2D eigenvalue weighted by atomic mass is 32.1. The molecule has 0 atom stereocenters. The van der Waals surface area contributed by atoms with E-state index < -0.39 is 5.97 Å². The third-order valence-electron chi connectivity index (χ3n) is 2.50. The van der Waals surface area contributed by atoms with Crippen LogP contribution in [0.5, 0.6) is 0 Å². The molecular weight excluding hydrogens is 252 g/mol. The largest absolute Gasteiger partial charge is 0.477 e. The fraction of sp³-hybridized carbons (Fsp3) is 0. The van der Waals surface area contributed by atoms with Gasteiger partial charge >= 0.3 is 5.97 Å². The second-order valence-electron chi connectivity index (χ2n) is 3.62. The van der Waals surface area contributed by atoms with Crippen LogP contribution in [0, 0.1) is 0 Å². The van der Waals surface area contributed by atoms with Gasteiger partial charge in [0.25, 0.3) is 0 Å². The van der Waals surface area contributed by atoms with E-state index in [0.717, 1.165) is 10.2 Å². The summed E-state index contributed by atoms with van der Waals surface area (Å²) in [6.45, 7) is 0. The number of carboxylic acid groups (broad SMARTS) is 1. The smallest absolute Gasteiger partial charge is 0.341 e. The van der Waals surface area contributed by atoms with Crippen molar-refractivity contribution in [3.63, 3.8) is 0 Å². The Balaban J connectivity index is 2.17. The average Bonchev–Trinajstić information content (AvgIpc) is 2.91. The molecule has 18 heavy (non-hydrogen) atoms. The van der Waals surface area contributed by atoms with Crippen LogP contribution in [-0.4, -0.2) is 25.8 Å². The summed E-state index contributed by atoms with van der Waals surface area (Å²) in [6.07, 6.45) is 1.23. The molecule has 2 heterocycles. The third kappa shape index (κ3) is 1.52. The molecule has 90 valence electrons. The Bertz CT molecular complexity index is 713. The normalized spacial score (nSPS) is 10.9. The van der Waals surface area contributed by atoms with E-state index >= 15 is 0 Å². The zero-order valence-electron chi connectivity index (χ0n) is 9.07. The van der Waals surface area contributed by atoms with Gasteiger partial charge in [-0.2, -0.15) is 9.78 Å². The summed E-state index contributed by atoms with van der Waals surface area (Å²) in [7, 11) is 0. The SMILES string of the molecule is Nc1c(C(=O)O)cnn1-c1nc2ccccc2s1. The molecule has 7 heteroatoms. The molecular formula is C11H8N4O2S. The molecule has 0 unspecified atom stereocenters. The molecule has 0 radical (unpaired) electrons. The second kappa shape index (κ2) is 3.81. The fourth-order valence-electron chi connectivity index (χ4n) is 1.63. The van der Waals surface area contributed by atoms with E-state index in [9.17, 15) is 4.79 Å². The van der Waals surface area contributed by atoms with Gasteiger partial charge < -0.3 is 10.8 Å². The molecule has 0 aliphatic rings. The summed E-state index contributed by atoms with van der Waals surface area (Å²) >= 11 is 1.41. The second-order valence-corrected chi connectivity index (χ2v) is 4.63. The molecule has 0 fully saturated rings. The van der Waals surface area contributed by atoms with E-state index in [1.54, 1.807) is 0 Å². The number of rotatable bonds is 2. The van der Waals surface area contributed by atoms with E-state index in [-0.39, 0.29) is 11.4 Å². The first-order valence-electron chi connectivity index (χ1n) is 5.09. The number of nitrogens with zero attached hydrogens (tertiary/aromatic N) is 3. The van der Waals surface area contributed by atoms with Gasteiger partial charge in [-0.3, -0.25) is 0 Å². The zero-order chi connectivity index (χ0) is 12.7. The number of benzene rings is 1. The van der Waals surface area contributed by atoms with Crippen LogP contribution < -0.4 is 5.73 Å². The standard InChI is InChI=1S/C11H8N4O2S/c12-9-6(10(16)17)5-13-15(9)11-14-7-3-1-2-4-8(7)18-11/h1-5H,12H2,(H,16,17). The lowest BCUT2D eigenvalue weighted by molar-refractivity contribution is 0.0698. The van der Waals surface area contributed by atoms with Gasteiger partial charge in [-0.1, -0.05) is 23.5 Å². The van der Waals surface area contributed by atoms with Crippen molar-refractivity contribution in [3.8, 4) is 5.13 Å². The van der Waals surface area contributed by atoms with Gasteiger partial charge in [0.05, 0.1) is 16.4 Å². The van der Waals surface area contributed by atoms with Gasteiger partial charge in [0, 0.05) is 0 Å². The number of carbonyl (C=O) groups is 1. The minimum Gasteiger partial charge on any atom is -0.477 e. The summed E-state index contributed by atoms with van der Waals surface area (Å²) in [5.41, 5.74) is 6.56. The van der Waals surface area contributed by atoms with Gasteiger partial charge in [-0.05, 0) is 12.1 Å². The van der Waals surface area contributed by atoms with Gasteiger partial charge in [-0.15, -0.1) is 0 Å². The third-order valence-corrected chi connectivity index (χ3v) is 3.51. The maximum Gasteiger partial charge on any atom is 0.341 e. The lowest BCUT2D eigenvalue weighted by atomic mass is 10.3. The van der Waals surface area contributed by atoms with Crippen molar-refractivity contribution in [2.75, 3.05) is 5.73 Å². The summed E-state index contributed by atoms with van der Waals surface area (Å²) in [4.78, 5) is 15.3. The Kier molecular flexibility index (Phi) is 2.27. The predicted octanol–water partition coefficient (Wildman–Crippen LogP) is 1.76. The highest BCUT2D eigenvalue weighted by molar-refractivity contribution is 7.20. The summed E-state index contributed by atoms with van der Waals surface area (Å²) in [5.74, 6) is -1.01. The van der Waals surface area contributed by atoms with Crippen molar-refractivity contribution in [2.45, 2.75) is 0 Å². The Morgan fingerprint density at radius 3 is 2.83 bits per heavy atom. The van der Waals surface area contributed by atoms with Crippen molar-refractivity contribution in [3.05, 3.63) is 36.0 Å². The predicted molar refractivity (Wildman–Crippen MR) is 68.1 cm³/mol. The first-order valence-corrected chi connectivity index (χ1v) is 5.91. The molecule has 0 amide bonds. The summed E-state index contributed by atoms with van der Waals surface area (Å²) in [5, 5.41) is 13.4. The number of carboxylic acids is 1. The summed E-state index contributed by atoms with van der Waals surface area (Å²) in [6, 6.07) is 7.63. The van der Waals surface area contributed by atoms with Crippen molar-refractivity contribution in [1.29, 1.82) is 0 Å². The minimum atomic E-state index is -1.10. The van der Waals surface area contributed by atoms with Crippen molar-refractivity contribution in [2.24, 2.45) is 0 Å². The van der Waals surface area contributed by atoms with Crippen molar-refractivity contribution < 1.29 is 9.90 Å². The highest BCUT2D eigenvalue weighted by Crippen LogP contribution is 2.26. The molecule has 1 aromatic carbocycles. The maximum absolute atomic E-state index is 10.9. The Morgan fingerprint density at radius 1 is 1.39 bits per heavy atom. The van der Waals surface area contributed by atoms with Crippen LogP contribution in [0.1, 0.15) is 10.4 Å². The van der Waals surface area contributed by atoms with Crippen LogP contribution in [0.15, 0.2) is 30.5 Å². The van der Waals surface area contributed by atoms with E-state index in [1.165, 1.54) is 22.2 Å². The van der Waals surface area contributed by atoms with E-state index in [4.69, 9.17) is 10.8 Å². The van der Waals surface area contributed by atoms with Crippen molar-refractivity contribution in [1.82, 2.24) is 14.8 Å².